The largest absolute Gasteiger partial charge is 0.349 e. The lowest BCUT2D eigenvalue weighted by molar-refractivity contribution is 0.128. The van der Waals surface area contributed by atoms with Crippen LogP contribution in [0.1, 0.15) is 23.8 Å². The Labute approximate surface area is 156 Å². The first kappa shape index (κ1) is 19.7. The molecule has 0 aliphatic carbocycles. The molecule has 126 valence electrons. The van der Waals surface area contributed by atoms with E-state index in [1.807, 2.05) is 11.3 Å². The molecule has 0 spiro atoms. The predicted molar refractivity (Wildman–Crippen MR) is 108 cm³/mol. The van der Waals surface area contributed by atoms with Gasteiger partial charge in [0.15, 0.2) is 5.96 Å². The highest BCUT2D eigenvalue weighted by molar-refractivity contribution is 14.0. The van der Waals surface area contributed by atoms with Crippen LogP contribution in [0.15, 0.2) is 22.5 Å². The van der Waals surface area contributed by atoms with Crippen molar-refractivity contribution in [1.29, 1.82) is 0 Å². The lowest BCUT2D eigenvalue weighted by Crippen LogP contribution is -2.39. The second kappa shape index (κ2) is 9.08. The van der Waals surface area contributed by atoms with Crippen LogP contribution in [0.2, 0.25) is 0 Å². The minimum atomic E-state index is 0. The highest BCUT2D eigenvalue weighted by Gasteiger charge is 2.31. The summed E-state index contributed by atoms with van der Waals surface area (Å²) in [5.74, 6) is 1.66. The molecule has 0 amide bonds. The molecule has 0 radical (unpaired) electrons. The summed E-state index contributed by atoms with van der Waals surface area (Å²) in [6.07, 6.45) is 2.54. The molecule has 2 atom stereocenters. The van der Waals surface area contributed by atoms with E-state index in [1.54, 1.807) is 0 Å². The molecule has 22 heavy (non-hydrogen) atoms. The van der Waals surface area contributed by atoms with E-state index in [0.29, 0.717) is 12.0 Å². The third-order valence-corrected chi connectivity index (χ3v) is 5.05. The molecule has 0 aromatic carbocycles. The van der Waals surface area contributed by atoms with E-state index in [4.69, 9.17) is 4.99 Å². The number of guanidine groups is 1. The van der Waals surface area contributed by atoms with E-state index in [9.17, 15) is 0 Å². The molecule has 1 fully saturated rings. The first-order valence-electron chi connectivity index (χ1n) is 7.63. The first-order chi connectivity index (χ1) is 10.0. The molecule has 0 saturated carbocycles. The van der Waals surface area contributed by atoms with Crippen LogP contribution in [0.5, 0.6) is 0 Å². The van der Waals surface area contributed by atoms with Crippen LogP contribution in [0, 0.1) is 5.92 Å². The molecule has 4 nitrogen and oxygen atoms in total. The molecule has 0 N–H and O–H groups in total. The van der Waals surface area contributed by atoms with Crippen LogP contribution >= 0.6 is 35.3 Å². The standard InChI is InChI=1S/C16H28N4S.HI/c1-18(2)16(19(3)4)17-12-13-8-6-10-20(5)15(13)14-9-7-11-21-14;/h7,9,11,13,15H,6,8,10,12H2,1-5H3;1H. The summed E-state index contributed by atoms with van der Waals surface area (Å²) in [6, 6.07) is 4.95. The summed E-state index contributed by atoms with van der Waals surface area (Å²) in [6.45, 7) is 2.09. The third-order valence-electron chi connectivity index (χ3n) is 4.11. The summed E-state index contributed by atoms with van der Waals surface area (Å²) < 4.78 is 0. The highest BCUT2D eigenvalue weighted by Crippen LogP contribution is 2.37. The summed E-state index contributed by atoms with van der Waals surface area (Å²) in [5, 5.41) is 2.18. The molecule has 1 aromatic heterocycles. The molecule has 2 unspecified atom stereocenters. The van der Waals surface area contributed by atoms with E-state index in [2.05, 4.69) is 67.5 Å². The second-order valence-electron chi connectivity index (χ2n) is 6.27. The van der Waals surface area contributed by atoms with Crippen LogP contribution in [-0.4, -0.2) is 69.0 Å². The van der Waals surface area contributed by atoms with Crippen molar-refractivity contribution in [1.82, 2.24) is 14.7 Å². The van der Waals surface area contributed by atoms with Gasteiger partial charge >= 0.3 is 0 Å². The van der Waals surface area contributed by atoms with Crippen molar-refractivity contribution in [3.8, 4) is 0 Å². The van der Waals surface area contributed by atoms with Crippen LogP contribution in [-0.2, 0) is 0 Å². The topological polar surface area (TPSA) is 22.1 Å². The number of hydrogen-bond acceptors (Lipinski definition) is 3. The first-order valence-corrected chi connectivity index (χ1v) is 8.51. The summed E-state index contributed by atoms with van der Waals surface area (Å²) in [5.41, 5.74) is 0. The molecule has 1 aliphatic heterocycles. The Morgan fingerprint density at radius 2 is 2.00 bits per heavy atom. The smallest absolute Gasteiger partial charge is 0.195 e. The third kappa shape index (κ3) is 4.83. The maximum absolute atomic E-state index is 4.89. The van der Waals surface area contributed by atoms with Crippen molar-refractivity contribution in [2.24, 2.45) is 10.9 Å². The van der Waals surface area contributed by atoms with Crippen molar-refractivity contribution in [3.63, 3.8) is 0 Å². The minimum absolute atomic E-state index is 0. The molecule has 2 rings (SSSR count). The minimum Gasteiger partial charge on any atom is -0.349 e. The maximum atomic E-state index is 4.89. The van der Waals surface area contributed by atoms with E-state index >= 15 is 0 Å². The number of nitrogens with zero attached hydrogens (tertiary/aromatic N) is 4. The fourth-order valence-corrected chi connectivity index (χ4v) is 4.22. The van der Waals surface area contributed by atoms with Gasteiger partial charge in [-0.25, -0.2) is 0 Å². The number of aliphatic imine (C=N–C) groups is 1. The monoisotopic (exact) mass is 436 g/mol. The zero-order valence-electron chi connectivity index (χ0n) is 14.3. The Bertz CT molecular complexity index is 449. The maximum Gasteiger partial charge on any atom is 0.195 e. The number of hydrogen-bond donors (Lipinski definition) is 0. The number of halogens is 1. The average molecular weight is 436 g/mol. The molecule has 1 saturated heterocycles. The van der Waals surface area contributed by atoms with Gasteiger partial charge in [-0.05, 0) is 43.8 Å². The Morgan fingerprint density at radius 1 is 1.32 bits per heavy atom. The molecular weight excluding hydrogens is 407 g/mol. The Balaban J connectivity index is 0.00000242. The number of piperidine rings is 1. The van der Waals surface area contributed by atoms with Crippen molar-refractivity contribution in [2.45, 2.75) is 18.9 Å². The fraction of sp³-hybridized carbons (Fsp3) is 0.688. The van der Waals surface area contributed by atoms with Gasteiger partial charge in [0.1, 0.15) is 0 Å². The molecular formula is C16H29IN4S. The van der Waals surface area contributed by atoms with Gasteiger partial charge in [0.05, 0.1) is 0 Å². The lowest BCUT2D eigenvalue weighted by Gasteiger charge is -2.38. The molecule has 0 bridgehead atoms. The van der Waals surface area contributed by atoms with Gasteiger partial charge in [-0.1, -0.05) is 6.07 Å². The van der Waals surface area contributed by atoms with Gasteiger partial charge in [-0.3, -0.25) is 9.89 Å². The lowest BCUT2D eigenvalue weighted by atomic mass is 9.88. The van der Waals surface area contributed by atoms with Crippen LogP contribution in [0.25, 0.3) is 0 Å². The number of thiophene rings is 1. The van der Waals surface area contributed by atoms with Crippen molar-refractivity contribution >= 4 is 41.3 Å². The Kier molecular flexibility index (Phi) is 8.13. The normalized spacial score (nSPS) is 21.9. The summed E-state index contributed by atoms with van der Waals surface area (Å²) in [7, 11) is 10.5. The SMILES string of the molecule is CN(C)C(=NCC1CCCN(C)C1c1cccs1)N(C)C.I. The summed E-state index contributed by atoms with van der Waals surface area (Å²) >= 11 is 1.87. The van der Waals surface area contributed by atoms with Gasteiger partial charge in [0.25, 0.3) is 0 Å². The van der Waals surface area contributed by atoms with Crippen LogP contribution in [0.4, 0.5) is 0 Å². The van der Waals surface area contributed by atoms with Crippen LogP contribution < -0.4 is 0 Å². The van der Waals surface area contributed by atoms with E-state index in [1.165, 1.54) is 24.3 Å². The van der Waals surface area contributed by atoms with Crippen molar-refractivity contribution < 1.29 is 0 Å². The predicted octanol–water partition coefficient (Wildman–Crippen LogP) is 3.23. The quantitative estimate of drug-likeness (QED) is 0.413. The van der Waals surface area contributed by atoms with Gasteiger partial charge in [-0.15, -0.1) is 35.3 Å². The molecule has 6 heteroatoms. The van der Waals surface area contributed by atoms with E-state index in [0.717, 1.165) is 12.5 Å². The number of likely N-dealkylation sites (tertiary alicyclic amines) is 1. The van der Waals surface area contributed by atoms with Crippen LogP contribution in [0.3, 0.4) is 0 Å². The zero-order valence-corrected chi connectivity index (χ0v) is 17.5. The van der Waals surface area contributed by atoms with Gasteiger partial charge < -0.3 is 9.80 Å². The van der Waals surface area contributed by atoms with Gasteiger partial charge in [0, 0.05) is 45.7 Å². The van der Waals surface area contributed by atoms with Gasteiger partial charge in [-0.2, -0.15) is 0 Å². The van der Waals surface area contributed by atoms with Crippen molar-refractivity contribution in [3.05, 3.63) is 22.4 Å². The molecule has 2 heterocycles. The molecule has 1 aliphatic rings. The van der Waals surface area contributed by atoms with E-state index in [-0.39, 0.29) is 24.0 Å². The Hall–Kier alpha value is -0.340. The second-order valence-corrected chi connectivity index (χ2v) is 7.25. The number of rotatable bonds is 3. The Morgan fingerprint density at radius 3 is 2.55 bits per heavy atom. The fourth-order valence-electron chi connectivity index (χ4n) is 3.24. The van der Waals surface area contributed by atoms with Crippen molar-refractivity contribution in [2.75, 3.05) is 48.3 Å². The zero-order chi connectivity index (χ0) is 15.4. The highest BCUT2D eigenvalue weighted by atomic mass is 127. The average Bonchev–Trinajstić information content (AvgIpc) is 2.91. The van der Waals surface area contributed by atoms with Gasteiger partial charge in [0.2, 0.25) is 0 Å². The molecule has 1 aromatic rings. The summed E-state index contributed by atoms with van der Waals surface area (Å²) in [4.78, 5) is 13.0. The van der Waals surface area contributed by atoms with E-state index < -0.39 is 0 Å².